The van der Waals surface area contributed by atoms with E-state index in [2.05, 4.69) is 0 Å². The second-order valence-corrected chi connectivity index (χ2v) is 4.09. The van der Waals surface area contributed by atoms with Gasteiger partial charge in [-0.3, -0.25) is 4.79 Å². The van der Waals surface area contributed by atoms with Gasteiger partial charge in [-0.15, -0.1) is 0 Å². The van der Waals surface area contributed by atoms with Crippen LogP contribution in [0.5, 0.6) is 5.75 Å². The number of carbonyl (C=O) groups is 1. The number of carbonyl (C=O) groups excluding carboxylic acids is 1. The van der Waals surface area contributed by atoms with Gasteiger partial charge in [-0.2, -0.15) is 5.26 Å². The van der Waals surface area contributed by atoms with E-state index in [0.29, 0.717) is 0 Å². The molecule has 0 radical (unpaired) electrons. The molecule has 1 rings (SSSR count). The highest BCUT2D eigenvalue weighted by Gasteiger charge is 2.11. The van der Waals surface area contributed by atoms with E-state index in [4.69, 9.17) is 10.00 Å². The highest BCUT2D eigenvalue weighted by atomic mass is 16.5. The lowest BCUT2D eigenvalue weighted by molar-refractivity contribution is -0.124. The Kier molecular flexibility index (Phi) is 4.50. The Bertz CT molecular complexity index is 525. The summed E-state index contributed by atoms with van der Waals surface area (Å²) < 4.78 is 5.11. The lowest BCUT2D eigenvalue weighted by Gasteiger charge is -2.09. The van der Waals surface area contributed by atoms with Crippen LogP contribution in [0.2, 0.25) is 0 Å². The van der Waals surface area contributed by atoms with Gasteiger partial charge >= 0.3 is 0 Å². The zero-order chi connectivity index (χ0) is 13.7. The number of hydrogen-bond donors (Lipinski definition) is 0. The van der Waals surface area contributed by atoms with E-state index in [1.807, 2.05) is 25.1 Å². The molecule has 1 amide bonds. The zero-order valence-corrected chi connectivity index (χ0v) is 11.0. The molecule has 0 bridgehead atoms. The molecular weight excluding hydrogens is 228 g/mol. The summed E-state index contributed by atoms with van der Waals surface area (Å²) in [6.45, 7) is 1.91. The Morgan fingerprint density at radius 3 is 2.56 bits per heavy atom. The van der Waals surface area contributed by atoms with Crippen LogP contribution in [0.15, 0.2) is 23.8 Å². The molecule has 94 valence electrons. The fraction of sp³-hybridized carbons (Fsp3) is 0.286. The number of nitriles is 1. The fourth-order valence-corrected chi connectivity index (χ4v) is 1.48. The van der Waals surface area contributed by atoms with Crippen LogP contribution in [-0.2, 0) is 4.79 Å². The van der Waals surface area contributed by atoms with E-state index in [0.717, 1.165) is 16.9 Å². The largest absolute Gasteiger partial charge is 0.497 e. The van der Waals surface area contributed by atoms with Crippen LogP contribution < -0.4 is 4.74 Å². The third-order valence-electron chi connectivity index (χ3n) is 2.53. The number of methoxy groups -OCH3 is 1. The third kappa shape index (κ3) is 3.11. The van der Waals surface area contributed by atoms with Gasteiger partial charge in [0.25, 0.3) is 5.91 Å². The first-order valence-electron chi connectivity index (χ1n) is 5.47. The first-order chi connectivity index (χ1) is 8.49. The molecule has 18 heavy (non-hydrogen) atoms. The van der Waals surface area contributed by atoms with E-state index in [9.17, 15) is 4.79 Å². The quantitative estimate of drug-likeness (QED) is 0.603. The Labute approximate surface area is 107 Å². The van der Waals surface area contributed by atoms with Gasteiger partial charge in [-0.25, -0.2) is 0 Å². The Morgan fingerprint density at radius 2 is 2.11 bits per heavy atom. The maximum Gasteiger partial charge on any atom is 0.264 e. The molecule has 4 heteroatoms. The van der Waals surface area contributed by atoms with Crippen LogP contribution >= 0.6 is 0 Å². The van der Waals surface area contributed by atoms with Gasteiger partial charge in [0.1, 0.15) is 17.4 Å². The molecule has 0 aliphatic carbocycles. The van der Waals surface area contributed by atoms with Gasteiger partial charge < -0.3 is 9.64 Å². The minimum atomic E-state index is -0.298. The molecule has 0 unspecified atom stereocenters. The summed E-state index contributed by atoms with van der Waals surface area (Å²) in [7, 11) is 4.84. The minimum Gasteiger partial charge on any atom is -0.497 e. The second kappa shape index (κ2) is 5.87. The van der Waals surface area contributed by atoms with E-state index in [1.165, 1.54) is 4.90 Å². The van der Waals surface area contributed by atoms with Gasteiger partial charge in [0.15, 0.2) is 0 Å². The van der Waals surface area contributed by atoms with Crippen molar-refractivity contribution in [3.05, 3.63) is 34.9 Å². The van der Waals surface area contributed by atoms with Crippen molar-refractivity contribution in [2.75, 3.05) is 21.2 Å². The molecule has 0 saturated carbocycles. The van der Waals surface area contributed by atoms with Crippen molar-refractivity contribution in [1.29, 1.82) is 5.26 Å². The van der Waals surface area contributed by atoms with E-state index < -0.39 is 0 Å². The fourth-order valence-electron chi connectivity index (χ4n) is 1.48. The maximum absolute atomic E-state index is 11.7. The molecule has 0 atom stereocenters. The van der Waals surface area contributed by atoms with Crippen LogP contribution in [0.4, 0.5) is 0 Å². The normalized spacial score (nSPS) is 10.7. The summed E-state index contributed by atoms with van der Waals surface area (Å²) in [4.78, 5) is 13.1. The molecule has 0 heterocycles. The standard InChI is InChI=1S/C14H16N2O2/c1-10-7-13(18-4)6-5-11(10)8-12(9-15)14(17)16(2)3/h5-8H,1-4H3/b12-8-. The number of nitrogens with zero attached hydrogens (tertiary/aromatic N) is 2. The van der Waals surface area contributed by atoms with Crippen molar-refractivity contribution in [1.82, 2.24) is 4.90 Å². The number of rotatable bonds is 3. The van der Waals surface area contributed by atoms with Crippen molar-refractivity contribution < 1.29 is 9.53 Å². The van der Waals surface area contributed by atoms with Crippen molar-refractivity contribution >= 4 is 12.0 Å². The summed E-state index contributed by atoms with van der Waals surface area (Å²) in [5.74, 6) is 0.454. The summed E-state index contributed by atoms with van der Waals surface area (Å²) in [6.07, 6.45) is 1.59. The molecular formula is C14H16N2O2. The number of ether oxygens (including phenoxy) is 1. The van der Waals surface area contributed by atoms with Crippen LogP contribution in [0, 0.1) is 18.3 Å². The van der Waals surface area contributed by atoms with Gasteiger partial charge in [0, 0.05) is 14.1 Å². The van der Waals surface area contributed by atoms with E-state index in [1.54, 1.807) is 33.3 Å². The Balaban J connectivity index is 3.15. The first-order valence-corrected chi connectivity index (χ1v) is 5.47. The van der Waals surface area contributed by atoms with E-state index >= 15 is 0 Å². The van der Waals surface area contributed by atoms with Gasteiger partial charge in [0.2, 0.25) is 0 Å². The maximum atomic E-state index is 11.7. The van der Waals surface area contributed by atoms with Gasteiger partial charge in [-0.1, -0.05) is 6.07 Å². The van der Waals surface area contributed by atoms with Gasteiger partial charge in [0.05, 0.1) is 7.11 Å². The number of amides is 1. The molecule has 0 aliphatic rings. The number of aryl methyl sites for hydroxylation is 1. The van der Waals surface area contributed by atoms with Crippen molar-refractivity contribution in [3.63, 3.8) is 0 Å². The SMILES string of the molecule is COc1ccc(/C=C(/C#N)C(=O)N(C)C)c(C)c1. The second-order valence-electron chi connectivity index (χ2n) is 4.09. The smallest absolute Gasteiger partial charge is 0.264 e. The van der Waals surface area contributed by atoms with Crippen molar-refractivity contribution in [3.8, 4) is 11.8 Å². The summed E-state index contributed by atoms with van der Waals surface area (Å²) in [6, 6.07) is 7.42. The summed E-state index contributed by atoms with van der Waals surface area (Å²) in [5.41, 5.74) is 1.91. The lowest BCUT2D eigenvalue weighted by Crippen LogP contribution is -2.22. The molecule has 4 nitrogen and oxygen atoms in total. The third-order valence-corrected chi connectivity index (χ3v) is 2.53. The van der Waals surface area contributed by atoms with E-state index in [-0.39, 0.29) is 11.5 Å². The van der Waals surface area contributed by atoms with Crippen LogP contribution in [0.1, 0.15) is 11.1 Å². The summed E-state index contributed by atoms with van der Waals surface area (Å²) >= 11 is 0. The predicted molar refractivity (Wildman–Crippen MR) is 70.0 cm³/mol. The molecule has 1 aromatic carbocycles. The molecule has 0 N–H and O–H groups in total. The lowest BCUT2D eigenvalue weighted by atomic mass is 10.1. The van der Waals surface area contributed by atoms with Gasteiger partial charge in [-0.05, 0) is 36.3 Å². The molecule has 0 saturated heterocycles. The zero-order valence-electron chi connectivity index (χ0n) is 11.0. The molecule has 0 spiro atoms. The topological polar surface area (TPSA) is 53.3 Å². The van der Waals surface area contributed by atoms with Crippen LogP contribution in [0.3, 0.4) is 0 Å². The Morgan fingerprint density at radius 1 is 1.44 bits per heavy atom. The van der Waals surface area contributed by atoms with Crippen LogP contribution in [-0.4, -0.2) is 32.0 Å². The number of hydrogen-bond acceptors (Lipinski definition) is 3. The van der Waals surface area contributed by atoms with Crippen molar-refractivity contribution in [2.45, 2.75) is 6.92 Å². The highest BCUT2D eigenvalue weighted by molar-refractivity contribution is 6.01. The molecule has 0 fully saturated rings. The monoisotopic (exact) mass is 244 g/mol. The van der Waals surface area contributed by atoms with Crippen molar-refractivity contribution in [2.24, 2.45) is 0 Å². The molecule has 1 aromatic rings. The Hall–Kier alpha value is -2.28. The minimum absolute atomic E-state index is 0.119. The number of likely N-dealkylation sites (N-methyl/N-ethyl adjacent to an activating group) is 1. The highest BCUT2D eigenvalue weighted by Crippen LogP contribution is 2.19. The average molecular weight is 244 g/mol. The predicted octanol–water partition coefficient (Wildman–Crippen LogP) is 2.00. The number of benzene rings is 1. The molecule has 0 aromatic heterocycles. The summed E-state index contributed by atoms with van der Waals surface area (Å²) in [5, 5.41) is 9.01. The van der Waals surface area contributed by atoms with Crippen LogP contribution in [0.25, 0.3) is 6.08 Å². The average Bonchev–Trinajstić information content (AvgIpc) is 2.36. The first kappa shape index (κ1) is 13.8. The molecule has 0 aliphatic heterocycles.